The van der Waals surface area contributed by atoms with Gasteiger partial charge in [-0.3, -0.25) is 0 Å². The second-order valence-corrected chi connectivity index (χ2v) is 6.37. The first-order chi connectivity index (χ1) is 13.4. The fraction of sp³-hybridized carbons (Fsp3) is 0.455. The summed E-state index contributed by atoms with van der Waals surface area (Å²) in [6, 6.07) is 8.26. The first-order valence-corrected chi connectivity index (χ1v) is 9.28. The number of hydrogen-bond acceptors (Lipinski definition) is 6. The van der Waals surface area contributed by atoms with Gasteiger partial charge in [-0.15, -0.1) is 0 Å². The van der Waals surface area contributed by atoms with Gasteiger partial charge in [0.2, 0.25) is 0 Å². The van der Waals surface area contributed by atoms with E-state index in [4.69, 9.17) is 18.9 Å². The van der Waals surface area contributed by atoms with Crippen LogP contribution in [0.5, 0.6) is 0 Å². The van der Waals surface area contributed by atoms with Gasteiger partial charge in [-0.2, -0.15) is 0 Å². The van der Waals surface area contributed by atoms with Gasteiger partial charge in [0.15, 0.2) is 0 Å². The Morgan fingerprint density at radius 3 is 1.36 bits per heavy atom. The average Bonchev–Trinajstić information content (AvgIpc) is 2.67. The van der Waals surface area contributed by atoms with Crippen LogP contribution in [0, 0.1) is 0 Å². The zero-order chi connectivity index (χ0) is 20.8. The Hall–Kier alpha value is -2.44. The molecule has 28 heavy (non-hydrogen) atoms. The van der Waals surface area contributed by atoms with Crippen LogP contribution in [0.2, 0.25) is 0 Å². The maximum Gasteiger partial charge on any atom is 0.333 e. The van der Waals surface area contributed by atoms with Gasteiger partial charge in [-0.05, 0) is 37.8 Å². The molecule has 0 heterocycles. The van der Waals surface area contributed by atoms with Gasteiger partial charge in [0.05, 0.1) is 26.4 Å². The Morgan fingerprint density at radius 1 is 0.679 bits per heavy atom. The van der Waals surface area contributed by atoms with Crippen LogP contribution in [0.25, 0.3) is 0 Å². The summed E-state index contributed by atoms with van der Waals surface area (Å²) in [5, 5.41) is 0. The van der Waals surface area contributed by atoms with E-state index in [0.717, 1.165) is 12.8 Å². The van der Waals surface area contributed by atoms with Crippen molar-refractivity contribution in [3.8, 4) is 0 Å². The lowest BCUT2D eigenvalue weighted by Gasteiger charge is -2.08. The van der Waals surface area contributed by atoms with Crippen molar-refractivity contribution < 1.29 is 28.5 Å². The van der Waals surface area contributed by atoms with Crippen LogP contribution in [0.4, 0.5) is 0 Å². The molecular formula is C22H30O6. The molecule has 0 bridgehead atoms. The molecular weight excluding hydrogens is 360 g/mol. The average molecular weight is 390 g/mol. The third-order valence-electron chi connectivity index (χ3n) is 3.71. The van der Waals surface area contributed by atoms with Gasteiger partial charge in [0, 0.05) is 11.1 Å². The van der Waals surface area contributed by atoms with E-state index in [0.29, 0.717) is 37.6 Å². The van der Waals surface area contributed by atoms with Crippen LogP contribution < -0.4 is 0 Å². The van der Waals surface area contributed by atoms with Crippen LogP contribution in [0.15, 0.2) is 48.6 Å². The summed E-state index contributed by atoms with van der Waals surface area (Å²) < 4.78 is 20.8. The topological polar surface area (TPSA) is 71.1 Å². The van der Waals surface area contributed by atoms with E-state index < -0.39 is 11.9 Å². The SMILES string of the molecule is C=C(C)C(=O)OCCOCCc1ccc(CCOCCOC(=O)C(=C)C)cc1. The number of carbonyl (C=O) groups is 2. The minimum atomic E-state index is -0.393. The molecule has 6 nitrogen and oxygen atoms in total. The fourth-order valence-electron chi connectivity index (χ4n) is 2.09. The molecule has 0 aliphatic carbocycles. The summed E-state index contributed by atoms with van der Waals surface area (Å²) in [4.78, 5) is 22.4. The maximum absolute atomic E-state index is 11.2. The molecule has 0 amide bonds. The Balaban J connectivity index is 2.09. The van der Waals surface area contributed by atoms with Crippen LogP contribution >= 0.6 is 0 Å². The van der Waals surface area contributed by atoms with E-state index in [1.807, 2.05) is 0 Å². The van der Waals surface area contributed by atoms with Crippen LogP contribution in [0.3, 0.4) is 0 Å². The smallest absolute Gasteiger partial charge is 0.333 e. The van der Waals surface area contributed by atoms with Crippen molar-refractivity contribution in [3.63, 3.8) is 0 Å². The summed E-state index contributed by atoms with van der Waals surface area (Å²) in [7, 11) is 0. The van der Waals surface area contributed by atoms with Crippen molar-refractivity contribution in [2.45, 2.75) is 26.7 Å². The Kier molecular flexibility index (Phi) is 11.5. The van der Waals surface area contributed by atoms with Crippen LogP contribution in [-0.4, -0.2) is 51.6 Å². The third kappa shape index (κ3) is 10.6. The molecule has 0 saturated heterocycles. The zero-order valence-corrected chi connectivity index (χ0v) is 16.8. The van der Waals surface area contributed by atoms with E-state index in [-0.39, 0.29) is 13.2 Å². The molecule has 0 N–H and O–H groups in total. The quantitative estimate of drug-likeness (QED) is 0.276. The van der Waals surface area contributed by atoms with Crippen molar-refractivity contribution >= 4 is 11.9 Å². The molecule has 1 rings (SSSR count). The van der Waals surface area contributed by atoms with Crippen molar-refractivity contribution in [1.29, 1.82) is 0 Å². The summed E-state index contributed by atoms with van der Waals surface area (Å²) in [6.07, 6.45) is 1.58. The zero-order valence-electron chi connectivity index (χ0n) is 16.8. The van der Waals surface area contributed by atoms with Gasteiger partial charge in [-0.1, -0.05) is 37.4 Å². The molecule has 1 aromatic rings. The molecule has 1 aromatic carbocycles. The number of ether oxygens (including phenoxy) is 4. The van der Waals surface area contributed by atoms with Crippen molar-refractivity contribution in [1.82, 2.24) is 0 Å². The minimum absolute atomic E-state index is 0.233. The second-order valence-electron chi connectivity index (χ2n) is 6.37. The predicted molar refractivity (Wildman–Crippen MR) is 107 cm³/mol. The highest BCUT2D eigenvalue weighted by molar-refractivity contribution is 5.87. The molecule has 0 aliphatic rings. The molecule has 0 saturated carbocycles. The normalized spacial score (nSPS) is 10.4. The standard InChI is InChI=1S/C22H30O6/c1-17(2)21(23)27-15-13-25-11-9-19-5-7-20(8-6-19)10-12-26-14-16-28-22(24)18(3)4/h5-8H,1,3,9-16H2,2,4H3. The molecule has 0 fully saturated rings. The fourth-order valence-corrected chi connectivity index (χ4v) is 2.09. The van der Waals surface area contributed by atoms with Crippen molar-refractivity contribution in [2.75, 3.05) is 39.6 Å². The van der Waals surface area contributed by atoms with E-state index in [1.165, 1.54) is 11.1 Å². The lowest BCUT2D eigenvalue weighted by atomic mass is 10.1. The minimum Gasteiger partial charge on any atom is -0.460 e. The van der Waals surface area contributed by atoms with E-state index in [9.17, 15) is 9.59 Å². The highest BCUT2D eigenvalue weighted by atomic mass is 16.6. The lowest BCUT2D eigenvalue weighted by Crippen LogP contribution is -2.12. The highest BCUT2D eigenvalue weighted by Gasteiger charge is 2.03. The Bertz CT molecular complexity index is 590. The summed E-state index contributed by atoms with van der Waals surface area (Å²) in [5.74, 6) is -0.785. The molecule has 0 aromatic heterocycles. The predicted octanol–water partition coefficient (Wildman–Crippen LogP) is 3.04. The maximum atomic E-state index is 11.2. The lowest BCUT2D eigenvalue weighted by molar-refractivity contribution is -0.141. The van der Waals surface area contributed by atoms with Crippen molar-refractivity contribution in [2.24, 2.45) is 0 Å². The molecule has 6 heteroatoms. The number of rotatable bonds is 14. The Morgan fingerprint density at radius 2 is 1.04 bits per heavy atom. The number of hydrogen-bond donors (Lipinski definition) is 0. The summed E-state index contributed by atoms with van der Waals surface area (Å²) >= 11 is 0. The monoisotopic (exact) mass is 390 g/mol. The second kappa shape index (κ2) is 13.7. The molecule has 0 atom stereocenters. The summed E-state index contributed by atoms with van der Waals surface area (Å²) in [6.45, 7) is 12.6. The van der Waals surface area contributed by atoms with Gasteiger partial charge >= 0.3 is 11.9 Å². The van der Waals surface area contributed by atoms with Crippen LogP contribution in [0.1, 0.15) is 25.0 Å². The molecule has 154 valence electrons. The third-order valence-corrected chi connectivity index (χ3v) is 3.71. The Labute approximate surface area is 167 Å². The molecule has 0 unspecified atom stereocenters. The number of benzene rings is 1. The first-order valence-electron chi connectivity index (χ1n) is 9.28. The first kappa shape index (κ1) is 23.6. The van der Waals surface area contributed by atoms with E-state index in [1.54, 1.807) is 13.8 Å². The summed E-state index contributed by atoms with van der Waals surface area (Å²) in [5.41, 5.74) is 3.12. The van der Waals surface area contributed by atoms with E-state index >= 15 is 0 Å². The molecule has 0 spiro atoms. The van der Waals surface area contributed by atoms with Crippen LogP contribution in [-0.2, 0) is 41.4 Å². The molecule has 0 aliphatic heterocycles. The highest BCUT2D eigenvalue weighted by Crippen LogP contribution is 2.06. The number of esters is 2. The van der Waals surface area contributed by atoms with E-state index in [2.05, 4.69) is 37.4 Å². The van der Waals surface area contributed by atoms with Gasteiger partial charge < -0.3 is 18.9 Å². The van der Waals surface area contributed by atoms with Gasteiger partial charge in [0.1, 0.15) is 13.2 Å². The van der Waals surface area contributed by atoms with Gasteiger partial charge in [-0.25, -0.2) is 9.59 Å². The molecule has 0 radical (unpaired) electrons. The van der Waals surface area contributed by atoms with Gasteiger partial charge in [0.25, 0.3) is 0 Å². The van der Waals surface area contributed by atoms with Crippen molar-refractivity contribution in [3.05, 3.63) is 59.7 Å². The number of carbonyl (C=O) groups excluding carboxylic acids is 2. The largest absolute Gasteiger partial charge is 0.460 e.